The Morgan fingerprint density at radius 2 is 1.94 bits per heavy atom. The highest BCUT2D eigenvalue weighted by molar-refractivity contribution is 9.10. The van der Waals surface area contributed by atoms with Gasteiger partial charge in [-0.05, 0) is 42.7 Å². The standard InChI is InChI=1S/C13H24BrN3/c1-6-10(7-2)12(15-5)13-11(14)8-16-17(13)9(3)4/h8-10,12,15H,6-7H2,1-5H3. The van der Waals surface area contributed by atoms with Crippen LogP contribution in [0.25, 0.3) is 0 Å². The van der Waals surface area contributed by atoms with Crippen molar-refractivity contribution in [3.8, 4) is 0 Å². The summed E-state index contributed by atoms with van der Waals surface area (Å²) >= 11 is 3.63. The molecule has 1 aromatic rings. The van der Waals surface area contributed by atoms with E-state index in [0.29, 0.717) is 18.0 Å². The fourth-order valence-electron chi connectivity index (χ4n) is 2.41. The average Bonchev–Trinajstić information content (AvgIpc) is 2.68. The molecular weight excluding hydrogens is 278 g/mol. The SMILES string of the molecule is CCC(CC)C(NC)c1c(Br)cnn1C(C)C. The van der Waals surface area contributed by atoms with Gasteiger partial charge in [0.15, 0.2) is 0 Å². The molecule has 0 radical (unpaired) electrons. The van der Waals surface area contributed by atoms with E-state index in [4.69, 9.17) is 0 Å². The van der Waals surface area contributed by atoms with Crippen LogP contribution in [0.5, 0.6) is 0 Å². The van der Waals surface area contributed by atoms with Crippen LogP contribution in [-0.4, -0.2) is 16.8 Å². The lowest BCUT2D eigenvalue weighted by Gasteiger charge is -2.27. The second-order valence-corrected chi connectivity index (χ2v) is 5.61. The average molecular weight is 302 g/mol. The maximum atomic E-state index is 4.46. The number of hydrogen-bond donors (Lipinski definition) is 1. The monoisotopic (exact) mass is 301 g/mol. The lowest BCUT2D eigenvalue weighted by atomic mass is 9.92. The fourth-order valence-corrected chi connectivity index (χ4v) is 2.93. The molecule has 1 rings (SSSR count). The number of nitrogens with zero attached hydrogens (tertiary/aromatic N) is 2. The van der Waals surface area contributed by atoms with Gasteiger partial charge in [0.25, 0.3) is 0 Å². The van der Waals surface area contributed by atoms with E-state index in [1.807, 2.05) is 13.2 Å². The zero-order valence-corrected chi connectivity index (χ0v) is 13.1. The van der Waals surface area contributed by atoms with Crippen molar-refractivity contribution in [1.29, 1.82) is 0 Å². The minimum atomic E-state index is 0.365. The maximum absolute atomic E-state index is 4.46. The first-order chi connectivity index (χ1) is 8.06. The van der Waals surface area contributed by atoms with Gasteiger partial charge in [-0.1, -0.05) is 26.7 Å². The van der Waals surface area contributed by atoms with Crippen molar-refractivity contribution in [3.05, 3.63) is 16.4 Å². The summed E-state index contributed by atoms with van der Waals surface area (Å²) in [5, 5.41) is 7.92. The van der Waals surface area contributed by atoms with E-state index in [1.54, 1.807) is 0 Å². The summed E-state index contributed by atoms with van der Waals surface area (Å²) in [7, 11) is 2.03. The normalized spacial score (nSPS) is 13.6. The minimum absolute atomic E-state index is 0.365. The van der Waals surface area contributed by atoms with Crippen LogP contribution >= 0.6 is 15.9 Å². The lowest BCUT2D eigenvalue weighted by Crippen LogP contribution is -2.28. The molecule has 0 aliphatic carbocycles. The lowest BCUT2D eigenvalue weighted by molar-refractivity contribution is 0.331. The van der Waals surface area contributed by atoms with E-state index in [9.17, 15) is 0 Å². The van der Waals surface area contributed by atoms with Gasteiger partial charge in [-0.3, -0.25) is 4.68 Å². The molecule has 0 saturated heterocycles. The van der Waals surface area contributed by atoms with Crippen LogP contribution < -0.4 is 5.32 Å². The van der Waals surface area contributed by atoms with Gasteiger partial charge in [0, 0.05) is 6.04 Å². The summed E-state index contributed by atoms with van der Waals surface area (Å²) in [4.78, 5) is 0. The Kier molecular flexibility index (Phi) is 5.67. The Morgan fingerprint density at radius 3 is 2.35 bits per heavy atom. The topological polar surface area (TPSA) is 29.9 Å². The Balaban J connectivity index is 3.14. The molecule has 0 saturated carbocycles. The van der Waals surface area contributed by atoms with Gasteiger partial charge in [-0.15, -0.1) is 0 Å². The van der Waals surface area contributed by atoms with Crippen molar-refractivity contribution in [2.24, 2.45) is 5.92 Å². The molecule has 0 amide bonds. The van der Waals surface area contributed by atoms with E-state index in [0.717, 1.165) is 4.47 Å². The highest BCUT2D eigenvalue weighted by Gasteiger charge is 2.25. The first-order valence-electron chi connectivity index (χ1n) is 6.46. The molecule has 0 aliphatic heterocycles. The van der Waals surface area contributed by atoms with Crippen molar-refractivity contribution >= 4 is 15.9 Å². The number of aromatic nitrogens is 2. The van der Waals surface area contributed by atoms with Crippen molar-refractivity contribution < 1.29 is 0 Å². The van der Waals surface area contributed by atoms with Crippen LogP contribution in [0.4, 0.5) is 0 Å². The molecule has 0 fully saturated rings. The number of halogens is 1. The molecule has 1 unspecified atom stereocenters. The summed E-state index contributed by atoms with van der Waals surface area (Å²) in [5.41, 5.74) is 1.27. The van der Waals surface area contributed by atoms with E-state index >= 15 is 0 Å². The molecule has 0 bridgehead atoms. The first kappa shape index (κ1) is 14.7. The Hall–Kier alpha value is -0.350. The van der Waals surface area contributed by atoms with Crippen molar-refractivity contribution in [2.45, 2.75) is 52.6 Å². The zero-order valence-electron chi connectivity index (χ0n) is 11.5. The van der Waals surface area contributed by atoms with Crippen molar-refractivity contribution in [2.75, 3.05) is 7.05 Å². The fraction of sp³-hybridized carbons (Fsp3) is 0.769. The smallest absolute Gasteiger partial charge is 0.0701 e. The van der Waals surface area contributed by atoms with Crippen molar-refractivity contribution in [3.63, 3.8) is 0 Å². The van der Waals surface area contributed by atoms with Crippen LogP contribution in [0, 0.1) is 5.92 Å². The first-order valence-corrected chi connectivity index (χ1v) is 7.26. The molecule has 0 aromatic carbocycles. The zero-order chi connectivity index (χ0) is 13.0. The molecule has 0 spiro atoms. The van der Waals surface area contributed by atoms with Crippen LogP contribution in [0.3, 0.4) is 0 Å². The molecule has 1 heterocycles. The highest BCUT2D eigenvalue weighted by Crippen LogP contribution is 2.33. The summed E-state index contributed by atoms with van der Waals surface area (Å²) in [5.74, 6) is 0.644. The third-order valence-electron chi connectivity index (χ3n) is 3.40. The molecule has 98 valence electrons. The van der Waals surface area contributed by atoms with Crippen LogP contribution in [0.1, 0.15) is 58.3 Å². The van der Waals surface area contributed by atoms with Gasteiger partial charge in [-0.2, -0.15) is 5.10 Å². The number of nitrogens with one attached hydrogen (secondary N) is 1. The van der Waals surface area contributed by atoms with Gasteiger partial charge in [0.05, 0.1) is 22.4 Å². The van der Waals surface area contributed by atoms with Crippen LogP contribution in [0.15, 0.2) is 10.7 Å². The summed E-state index contributed by atoms with van der Waals surface area (Å²) in [6.07, 6.45) is 4.26. The number of hydrogen-bond acceptors (Lipinski definition) is 2. The van der Waals surface area contributed by atoms with Gasteiger partial charge in [0.1, 0.15) is 0 Å². The minimum Gasteiger partial charge on any atom is -0.311 e. The molecule has 17 heavy (non-hydrogen) atoms. The Bertz CT molecular complexity index is 342. The van der Waals surface area contributed by atoms with Crippen molar-refractivity contribution in [1.82, 2.24) is 15.1 Å². The molecule has 0 aliphatic rings. The molecule has 3 nitrogen and oxygen atoms in total. The Morgan fingerprint density at radius 1 is 1.35 bits per heavy atom. The molecule has 4 heteroatoms. The predicted molar refractivity (Wildman–Crippen MR) is 76.2 cm³/mol. The van der Waals surface area contributed by atoms with Crippen LogP contribution in [-0.2, 0) is 0 Å². The van der Waals surface area contributed by atoms with E-state index in [1.165, 1.54) is 18.5 Å². The van der Waals surface area contributed by atoms with E-state index in [2.05, 4.69) is 58.7 Å². The summed E-state index contributed by atoms with van der Waals surface area (Å²) < 4.78 is 3.22. The second-order valence-electron chi connectivity index (χ2n) is 4.76. The number of rotatable bonds is 6. The van der Waals surface area contributed by atoms with Gasteiger partial charge >= 0.3 is 0 Å². The van der Waals surface area contributed by atoms with Gasteiger partial charge < -0.3 is 5.32 Å². The third kappa shape index (κ3) is 3.10. The highest BCUT2D eigenvalue weighted by atomic mass is 79.9. The molecule has 1 atom stereocenters. The molecule has 1 N–H and O–H groups in total. The maximum Gasteiger partial charge on any atom is 0.0701 e. The largest absolute Gasteiger partial charge is 0.311 e. The molecule has 1 aromatic heterocycles. The third-order valence-corrected chi connectivity index (χ3v) is 4.01. The summed E-state index contributed by atoms with van der Waals surface area (Å²) in [6.45, 7) is 8.84. The quantitative estimate of drug-likeness (QED) is 0.863. The second kappa shape index (κ2) is 6.55. The van der Waals surface area contributed by atoms with Gasteiger partial charge in [0.2, 0.25) is 0 Å². The molecular formula is C13H24BrN3. The van der Waals surface area contributed by atoms with E-state index < -0.39 is 0 Å². The predicted octanol–water partition coefficient (Wildman–Crippen LogP) is 3.92. The van der Waals surface area contributed by atoms with Crippen LogP contribution in [0.2, 0.25) is 0 Å². The summed E-state index contributed by atoms with van der Waals surface area (Å²) in [6, 6.07) is 0.755. The van der Waals surface area contributed by atoms with Gasteiger partial charge in [-0.25, -0.2) is 0 Å². The van der Waals surface area contributed by atoms with E-state index in [-0.39, 0.29) is 0 Å². The Labute approximate surface area is 113 Å².